The first-order valence-electron chi connectivity index (χ1n) is 14.8. The maximum atomic E-state index is 11.8. The number of hydrogen-bond acceptors (Lipinski definition) is 4. The van der Waals surface area contributed by atoms with E-state index in [-0.39, 0.29) is 5.04 Å². The number of ether oxygens (including phenoxy) is 1. The van der Waals surface area contributed by atoms with Gasteiger partial charge in [-0.25, -0.2) is 4.79 Å². The topological polar surface area (TPSA) is 55.8 Å². The van der Waals surface area contributed by atoms with Crippen LogP contribution in [0.25, 0.3) is 0 Å². The molecule has 0 radical (unpaired) electrons. The van der Waals surface area contributed by atoms with Crippen LogP contribution < -0.4 is 0 Å². The molecule has 0 amide bonds. The van der Waals surface area contributed by atoms with Crippen LogP contribution in [0.3, 0.4) is 0 Å². The number of esters is 1. The molecule has 0 saturated heterocycles. The molecule has 0 bridgehead atoms. The van der Waals surface area contributed by atoms with Gasteiger partial charge in [-0.1, -0.05) is 53.2 Å². The largest absolute Gasteiger partial charge is 0.467 e. The molecule has 4 nitrogen and oxygen atoms in total. The minimum atomic E-state index is -1.75. The van der Waals surface area contributed by atoms with Gasteiger partial charge >= 0.3 is 5.97 Å². The van der Waals surface area contributed by atoms with E-state index in [2.05, 4.69) is 60.7 Å². The lowest BCUT2D eigenvalue weighted by atomic mass is 9.47. The average Bonchev–Trinajstić information content (AvgIpc) is 3.15. The molecule has 3 fully saturated rings. The first kappa shape index (κ1) is 28.4. The number of fused-ring (bicyclic) bond motifs is 5. The monoisotopic (exact) mass is 518 g/mol. The summed E-state index contributed by atoms with van der Waals surface area (Å²) in [6.07, 6.45) is 12.6. The van der Waals surface area contributed by atoms with Crippen molar-refractivity contribution in [3.05, 3.63) is 11.6 Å². The first-order valence-corrected chi connectivity index (χ1v) is 17.7. The number of aliphatic hydroxyl groups excluding tert-OH is 1. The van der Waals surface area contributed by atoms with Crippen LogP contribution in [-0.4, -0.2) is 38.7 Å². The summed E-state index contributed by atoms with van der Waals surface area (Å²) in [5, 5.41) is 10.6. The molecular weight excluding hydrogens is 464 g/mol. The van der Waals surface area contributed by atoms with Gasteiger partial charge in [0.2, 0.25) is 0 Å². The van der Waals surface area contributed by atoms with Crippen molar-refractivity contribution in [1.82, 2.24) is 0 Å². The molecule has 0 spiro atoms. The summed E-state index contributed by atoms with van der Waals surface area (Å²) in [7, 11) is -0.385. The lowest BCUT2D eigenvalue weighted by molar-refractivity contribution is -0.151. The van der Waals surface area contributed by atoms with Gasteiger partial charge in [-0.05, 0) is 116 Å². The minimum Gasteiger partial charge on any atom is -0.467 e. The van der Waals surface area contributed by atoms with Crippen molar-refractivity contribution in [2.24, 2.45) is 40.4 Å². The van der Waals surface area contributed by atoms with Crippen molar-refractivity contribution in [3.8, 4) is 0 Å². The third-order valence-electron chi connectivity index (χ3n) is 12.2. The second-order valence-electron chi connectivity index (χ2n) is 15.0. The molecule has 4 aliphatic rings. The highest BCUT2D eigenvalue weighted by molar-refractivity contribution is 6.74. The second kappa shape index (κ2) is 9.83. The summed E-state index contributed by atoms with van der Waals surface area (Å²) in [4.78, 5) is 11.8. The highest BCUT2D eigenvalue weighted by Gasteiger charge is 2.59. The number of carbonyl (C=O) groups excluding carboxylic acids is 1. The summed E-state index contributed by atoms with van der Waals surface area (Å²) in [5.41, 5.74) is 2.36. The Morgan fingerprint density at radius 1 is 1.14 bits per heavy atom. The van der Waals surface area contributed by atoms with E-state index in [0.29, 0.717) is 35.2 Å². The zero-order valence-electron chi connectivity index (χ0n) is 24.7. The molecule has 0 heterocycles. The van der Waals surface area contributed by atoms with Crippen LogP contribution in [0, 0.1) is 40.4 Å². The van der Waals surface area contributed by atoms with Crippen LogP contribution in [0.15, 0.2) is 11.6 Å². The van der Waals surface area contributed by atoms with Crippen molar-refractivity contribution in [2.75, 3.05) is 7.11 Å². The van der Waals surface area contributed by atoms with Crippen LogP contribution >= 0.6 is 0 Å². The number of allylic oxidation sites excluding steroid dienone is 1. The molecule has 3 saturated carbocycles. The molecule has 0 aromatic heterocycles. The normalized spacial score (nSPS) is 40.4. The Morgan fingerprint density at radius 2 is 1.83 bits per heavy atom. The summed E-state index contributed by atoms with van der Waals surface area (Å²) in [6.45, 7) is 19.2. The molecular formula is C31H54O4Si. The summed E-state index contributed by atoms with van der Waals surface area (Å²) >= 11 is 0. The van der Waals surface area contributed by atoms with Crippen LogP contribution in [0.2, 0.25) is 18.1 Å². The van der Waals surface area contributed by atoms with Crippen LogP contribution in [0.1, 0.15) is 99.3 Å². The first-order chi connectivity index (χ1) is 16.6. The fourth-order valence-corrected chi connectivity index (χ4v) is 10.4. The second-order valence-corrected chi connectivity index (χ2v) is 19.7. The van der Waals surface area contributed by atoms with Gasteiger partial charge in [-0.3, -0.25) is 0 Å². The van der Waals surface area contributed by atoms with Gasteiger partial charge in [0.15, 0.2) is 14.4 Å². The predicted molar refractivity (Wildman–Crippen MR) is 149 cm³/mol. The fourth-order valence-electron chi connectivity index (χ4n) is 9.05. The summed E-state index contributed by atoms with van der Waals surface area (Å²) < 4.78 is 11.7. The van der Waals surface area contributed by atoms with E-state index < -0.39 is 20.4 Å². The zero-order chi connectivity index (χ0) is 26.7. The van der Waals surface area contributed by atoms with Gasteiger partial charge in [0.25, 0.3) is 0 Å². The Morgan fingerprint density at radius 3 is 2.47 bits per heavy atom. The maximum Gasteiger partial charge on any atom is 0.334 e. The van der Waals surface area contributed by atoms with Crippen molar-refractivity contribution in [2.45, 2.75) is 130 Å². The van der Waals surface area contributed by atoms with Gasteiger partial charge in [-0.15, -0.1) is 0 Å². The Balaban J connectivity index is 1.47. The Labute approximate surface area is 222 Å². The van der Waals surface area contributed by atoms with Gasteiger partial charge in [0, 0.05) is 6.10 Å². The van der Waals surface area contributed by atoms with Crippen molar-refractivity contribution < 1.29 is 19.1 Å². The standard InChI is InChI=1S/C31H54O4Si/c1-20(18-27(32)28(33)34-7)24-12-13-25-23-11-10-21-19-22(35-36(8,9)29(2,3)4)14-16-30(21,5)26(23)15-17-31(24,25)6/h10,20,22-27,32H,11-19H2,1-9H3/t20-,22?,23+,24-,25+,26+,27?,30+,31-/m1/s1. The summed E-state index contributed by atoms with van der Waals surface area (Å²) in [5.74, 6) is 2.75. The molecule has 36 heavy (non-hydrogen) atoms. The molecule has 0 aliphatic heterocycles. The Hall–Kier alpha value is -0.653. The van der Waals surface area contributed by atoms with Crippen molar-refractivity contribution in [1.29, 1.82) is 0 Å². The van der Waals surface area contributed by atoms with E-state index in [9.17, 15) is 9.90 Å². The lowest BCUT2D eigenvalue weighted by Crippen LogP contribution is -2.52. The fraction of sp³-hybridized carbons (Fsp3) is 0.903. The average molecular weight is 519 g/mol. The van der Waals surface area contributed by atoms with Crippen molar-refractivity contribution >= 4 is 14.3 Å². The van der Waals surface area contributed by atoms with Crippen LogP contribution in [0.4, 0.5) is 0 Å². The maximum absolute atomic E-state index is 11.8. The zero-order valence-corrected chi connectivity index (χ0v) is 25.7. The minimum absolute atomic E-state index is 0.261. The third-order valence-corrected chi connectivity index (χ3v) is 16.7. The molecule has 9 atom stereocenters. The molecule has 206 valence electrons. The van der Waals surface area contributed by atoms with Crippen LogP contribution in [0.5, 0.6) is 0 Å². The molecule has 0 aromatic rings. The molecule has 0 aromatic carbocycles. The number of carbonyl (C=O) groups is 1. The molecule has 4 aliphatic carbocycles. The molecule has 4 rings (SSSR count). The Kier molecular flexibility index (Phi) is 7.74. The highest BCUT2D eigenvalue weighted by Crippen LogP contribution is 2.67. The van der Waals surface area contributed by atoms with Gasteiger partial charge in [0.1, 0.15) is 0 Å². The number of methoxy groups -OCH3 is 1. The van der Waals surface area contributed by atoms with E-state index >= 15 is 0 Å². The SMILES string of the molecule is COC(=O)C(O)C[C@@H](C)[C@H]1CC[C@H]2[C@@H]3CC=C4CC(O[Si](C)(C)C(C)(C)C)CC[C@]4(C)[C@H]3CC[C@]12C. The Bertz CT molecular complexity index is 859. The third kappa shape index (κ3) is 4.79. The van der Waals surface area contributed by atoms with E-state index in [0.717, 1.165) is 24.2 Å². The molecule has 2 unspecified atom stereocenters. The van der Waals surface area contributed by atoms with Crippen molar-refractivity contribution in [3.63, 3.8) is 0 Å². The quantitative estimate of drug-likeness (QED) is 0.224. The predicted octanol–water partition coefficient (Wildman–Crippen LogP) is 7.52. The van der Waals surface area contributed by atoms with E-state index in [4.69, 9.17) is 9.16 Å². The van der Waals surface area contributed by atoms with E-state index in [1.165, 1.54) is 52.1 Å². The molecule has 5 heteroatoms. The highest BCUT2D eigenvalue weighted by atomic mass is 28.4. The van der Waals surface area contributed by atoms with Gasteiger partial charge in [0.05, 0.1) is 7.11 Å². The van der Waals surface area contributed by atoms with Crippen LogP contribution in [-0.2, 0) is 14.0 Å². The van der Waals surface area contributed by atoms with E-state index in [1.54, 1.807) is 5.57 Å². The number of aliphatic hydroxyl groups is 1. The number of hydrogen-bond donors (Lipinski definition) is 1. The van der Waals surface area contributed by atoms with E-state index in [1.807, 2.05) is 0 Å². The number of rotatable bonds is 6. The smallest absolute Gasteiger partial charge is 0.334 e. The van der Waals surface area contributed by atoms with Gasteiger partial charge < -0.3 is 14.3 Å². The summed E-state index contributed by atoms with van der Waals surface area (Å²) in [6, 6.07) is 0. The van der Waals surface area contributed by atoms with Gasteiger partial charge in [-0.2, -0.15) is 0 Å². The molecule has 1 N–H and O–H groups in total. The lowest BCUT2D eigenvalue weighted by Gasteiger charge is -2.59.